The van der Waals surface area contributed by atoms with Crippen molar-refractivity contribution < 1.29 is 13.9 Å². The molecule has 1 aromatic heterocycles. The number of methoxy groups -OCH3 is 1. The molecule has 2 aromatic rings. The van der Waals surface area contributed by atoms with Crippen molar-refractivity contribution in [3.8, 4) is 0 Å². The van der Waals surface area contributed by atoms with Crippen molar-refractivity contribution >= 4 is 11.6 Å². The lowest BCUT2D eigenvalue weighted by atomic mass is 9.99. The predicted octanol–water partition coefficient (Wildman–Crippen LogP) is 2.50. The highest BCUT2D eigenvalue weighted by Crippen LogP contribution is 2.29. The number of nitrogens with zero attached hydrogens (tertiary/aromatic N) is 1. The zero-order valence-electron chi connectivity index (χ0n) is 10.7. The first-order valence-electron chi connectivity index (χ1n) is 6.24. The van der Waals surface area contributed by atoms with Crippen LogP contribution in [0.3, 0.4) is 0 Å². The van der Waals surface area contributed by atoms with Gasteiger partial charge < -0.3 is 14.1 Å². The third-order valence-electron chi connectivity index (χ3n) is 3.46. The molecule has 0 unspecified atom stereocenters. The fourth-order valence-corrected chi connectivity index (χ4v) is 2.45. The largest absolute Gasteiger partial charge is 0.472 e. The minimum Gasteiger partial charge on any atom is -0.472 e. The fourth-order valence-electron chi connectivity index (χ4n) is 2.45. The average molecular weight is 257 g/mol. The minimum absolute atomic E-state index is 0.0331. The Labute approximate surface area is 111 Å². The van der Waals surface area contributed by atoms with Gasteiger partial charge in [-0.1, -0.05) is 18.2 Å². The molecule has 1 amide bonds. The van der Waals surface area contributed by atoms with Crippen LogP contribution in [0.2, 0.25) is 0 Å². The summed E-state index contributed by atoms with van der Waals surface area (Å²) in [6.45, 7) is 0.567. The molecule has 0 aliphatic carbocycles. The van der Waals surface area contributed by atoms with Crippen molar-refractivity contribution in [3.63, 3.8) is 0 Å². The minimum atomic E-state index is -0.0528. The molecule has 4 heteroatoms. The maximum absolute atomic E-state index is 12.5. The van der Waals surface area contributed by atoms with Crippen LogP contribution in [0.4, 0.5) is 5.69 Å². The molecule has 98 valence electrons. The van der Waals surface area contributed by atoms with Crippen LogP contribution in [0.15, 0.2) is 47.3 Å². The Morgan fingerprint density at radius 3 is 2.95 bits per heavy atom. The smallest absolute Gasteiger partial charge is 0.261 e. The summed E-state index contributed by atoms with van der Waals surface area (Å²) in [6.07, 6.45) is 3.85. The zero-order chi connectivity index (χ0) is 13.2. The zero-order valence-corrected chi connectivity index (χ0v) is 10.7. The second kappa shape index (κ2) is 4.90. The number of fused-ring (bicyclic) bond motifs is 1. The molecular formula is C15H15NO3. The third kappa shape index (κ3) is 2.15. The number of carbonyl (C=O) groups excluding carboxylic acids is 1. The van der Waals surface area contributed by atoms with Crippen molar-refractivity contribution in [3.05, 3.63) is 54.0 Å². The Balaban J connectivity index is 1.98. The molecule has 1 aliphatic heterocycles. The average Bonchev–Trinajstić information content (AvgIpc) is 2.99. The topological polar surface area (TPSA) is 42.7 Å². The molecule has 1 atom stereocenters. The molecular weight excluding hydrogens is 242 g/mol. The normalized spacial score (nSPS) is 18.2. The second-order valence-corrected chi connectivity index (χ2v) is 4.62. The molecule has 1 aromatic carbocycles. The number of anilines is 1. The molecule has 0 saturated carbocycles. The Morgan fingerprint density at radius 1 is 1.37 bits per heavy atom. The number of furan rings is 1. The van der Waals surface area contributed by atoms with Gasteiger partial charge in [-0.05, 0) is 17.7 Å². The summed E-state index contributed by atoms with van der Waals surface area (Å²) in [5, 5.41) is 0. The van der Waals surface area contributed by atoms with Gasteiger partial charge >= 0.3 is 0 Å². The Hall–Kier alpha value is -2.07. The van der Waals surface area contributed by atoms with Gasteiger partial charge in [-0.3, -0.25) is 4.79 Å². The molecule has 0 saturated heterocycles. The van der Waals surface area contributed by atoms with Crippen molar-refractivity contribution in [2.75, 3.05) is 18.6 Å². The van der Waals surface area contributed by atoms with Gasteiger partial charge in [0.15, 0.2) is 0 Å². The van der Waals surface area contributed by atoms with E-state index in [2.05, 4.69) is 0 Å². The number of amides is 1. The van der Waals surface area contributed by atoms with Gasteiger partial charge in [0.1, 0.15) is 6.26 Å². The summed E-state index contributed by atoms with van der Waals surface area (Å²) in [6, 6.07) is 9.62. The van der Waals surface area contributed by atoms with Crippen molar-refractivity contribution in [1.82, 2.24) is 0 Å². The van der Waals surface area contributed by atoms with Gasteiger partial charge in [-0.15, -0.1) is 0 Å². The number of ether oxygens (including phenoxy) is 1. The van der Waals surface area contributed by atoms with Crippen LogP contribution in [0.25, 0.3) is 0 Å². The van der Waals surface area contributed by atoms with Crippen LogP contribution in [0.5, 0.6) is 0 Å². The van der Waals surface area contributed by atoms with Gasteiger partial charge in [-0.2, -0.15) is 0 Å². The maximum Gasteiger partial charge on any atom is 0.261 e. The van der Waals surface area contributed by atoms with Gasteiger partial charge in [-0.25, -0.2) is 0 Å². The lowest BCUT2D eigenvalue weighted by Crippen LogP contribution is -2.43. The molecule has 2 heterocycles. The van der Waals surface area contributed by atoms with E-state index in [-0.39, 0.29) is 12.0 Å². The summed E-state index contributed by atoms with van der Waals surface area (Å²) in [5.74, 6) is -0.0528. The van der Waals surface area contributed by atoms with Crippen LogP contribution < -0.4 is 4.90 Å². The molecule has 0 N–H and O–H groups in total. The van der Waals surface area contributed by atoms with Gasteiger partial charge in [0.25, 0.3) is 5.91 Å². The monoisotopic (exact) mass is 257 g/mol. The molecule has 19 heavy (non-hydrogen) atoms. The molecule has 4 nitrogen and oxygen atoms in total. The number of hydrogen-bond donors (Lipinski definition) is 0. The molecule has 1 aliphatic rings. The Kier molecular flexibility index (Phi) is 3.09. The highest BCUT2D eigenvalue weighted by molar-refractivity contribution is 6.06. The highest BCUT2D eigenvalue weighted by atomic mass is 16.5. The quantitative estimate of drug-likeness (QED) is 0.830. The van der Waals surface area contributed by atoms with E-state index < -0.39 is 0 Å². The first-order chi connectivity index (χ1) is 9.29. The van der Waals surface area contributed by atoms with Gasteiger partial charge in [0.05, 0.1) is 24.5 Å². The van der Waals surface area contributed by atoms with Crippen LogP contribution in [0.1, 0.15) is 15.9 Å². The second-order valence-electron chi connectivity index (χ2n) is 4.62. The molecule has 3 rings (SSSR count). The number of carbonyl (C=O) groups is 1. The van der Waals surface area contributed by atoms with Crippen molar-refractivity contribution in [1.29, 1.82) is 0 Å². The third-order valence-corrected chi connectivity index (χ3v) is 3.46. The highest BCUT2D eigenvalue weighted by Gasteiger charge is 2.29. The molecule has 0 radical (unpaired) electrons. The molecule has 0 spiro atoms. The van der Waals surface area contributed by atoms with Crippen molar-refractivity contribution in [2.45, 2.75) is 12.5 Å². The van der Waals surface area contributed by atoms with E-state index in [0.717, 1.165) is 17.7 Å². The lowest BCUT2D eigenvalue weighted by molar-refractivity contribution is 0.0870. The van der Waals surface area contributed by atoms with E-state index in [9.17, 15) is 4.79 Å². The maximum atomic E-state index is 12.5. The SMILES string of the molecule is CO[C@@H]1Cc2ccccc2N(C(=O)c2ccoc2)C1. The number of para-hydroxylation sites is 1. The number of benzene rings is 1. The summed E-state index contributed by atoms with van der Waals surface area (Å²) >= 11 is 0. The van der Waals surface area contributed by atoms with E-state index in [1.54, 1.807) is 18.1 Å². The predicted molar refractivity (Wildman–Crippen MR) is 71.3 cm³/mol. The summed E-state index contributed by atoms with van der Waals surface area (Å²) < 4.78 is 10.4. The van der Waals surface area contributed by atoms with E-state index in [0.29, 0.717) is 12.1 Å². The van der Waals surface area contributed by atoms with Gasteiger partial charge in [0, 0.05) is 19.2 Å². The van der Waals surface area contributed by atoms with E-state index in [1.807, 2.05) is 24.3 Å². The van der Waals surface area contributed by atoms with Crippen LogP contribution in [0, 0.1) is 0 Å². The first-order valence-corrected chi connectivity index (χ1v) is 6.24. The summed E-state index contributed by atoms with van der Waals surface area (Å²) in [5.41, 5.74) is 2.66. The summed E-state index contributed by atoms with van der Waals surface area (Å²) in [7, 11) is 1.68. The van der Waals surface area contributed by atoms with E-state index in [1.165, 1.54) is 12.5 Å². The lowest BCUT2D eigenvalue weighted by Gasteiger charge is -2.33. The Bertz CT molecular complexity index is 577. The fraction of sp³-hybridized carbons (Fsp3) is 0.267. The van der Waals surface area contributed by atoms with E-state index in [4.69, 9.17) is 9.15 Å². The molecule has 0 bridgehead atoms. The first kappa shape index (κ1) is 12.0. The van der Waals surface area contributed by atoms with E-state index >= 15 is 0 Å². The Morgan fingerprint density at radius 2 is 2.21 bits per heavy atom. The van der Waals surface area contributed by atoms with Crippen LogP contribution in [-0.2, 0) is 11.2 Å². The standard InChI is InChI=1S/C15H15NO3/c1-18-13-8-11-4-2-3-5-14(11)16(9-13)15(17)12-6-7-19-10-12/h2-7,10,13H,8-9H2,1H3/t13-/m1/s1. The number of hydrogen-bond acceptors (Lipinski definition) is 3. The van der Waals surface area contributed by atoms with Crippen LogP contribution >= 0.6 is 0 Å². The number of rotatable bonds is 2. The van der Waals surface area contributed by atoms with Crippen molar-refractivity contribution in [2.24, 2.45) is 0 Å². The summed E-state index contributed by atoms with van der Waals surface area (Å²) in [4.78, 5) is 14.3. The molecule has 0 fully saturated rings. The van der Waals surface area contributed by atoms with Crippen LogP contribution in [-0.4, -0.2) is 25.7 Å². The van der Waals surface area contributed by atoms with Gasteiger partial charge in [0.2, 0.25) is 0 Å².